The summed E-state index contributed by atoms with van der Waals surface area (Å²) in [6, 6.07) is 4.68. The minimum absolute atomic E-state index is 0. The molecule has 2 aliphatic heterocycles. The van der Waals surface area contributed by atoms with Crippen molar-refractivity contribution >= 4 is 53.3 Å². The molecule has 0 bridgehead atoms. The largest absolute Gasteiger partial charge is 0.417 e. The predicted molar refractivity (Wildman–Crippen MR) is 152 cm³/mol. The Morgan fingerprint density at radius 3 is 2.31 bits per heavy atom. The van der Waals surface area contributed by atoms with Crippen LogP contribution in [0.3, 0.4) is 0 Å². The number of aromatic nitrogens is 2. The number of anilines is 4. The van der Waals surface area contributed by atoms with Gasteiger partial charge in [0, 0.05) is 64.1 Å². The maximum absolute atomic E-state index is 13.0. The molecule has 9 nitrogen and oxygen atoms in total. The second-order valence-corrected chi connectivity index (χ2v) is 10.0. The molecule has 0 atom stereocenters. The number of amides is 2. The molecule has 0 spiro atoms. The molecule has 216 valence electrons. The van der Waals surface area contributed by atoms with E-state index in [0.29, 0.717) is 26.2 Å². The Labute approximate surface area is 237 Å². The monoisotopic (exact) mass is 590 g/mol. The van der Waals surface area contributed by atoms with E-state index in [-0.39, 0.29) is 18.1 Å². The van der Waals surface area contributed by atoms with Gasteiger partial charge in [-0.2, -0.15) is 23.1 Å². The maximum Gasteiger partial charge on any atom is 0.417 e. The fourth-order valence-electron chi connectivity index (χ4n) is 4.52. The summed E-state index contributed by atoms with van der Waals surface area (Å²) in [5.74, 6) is 2.55. The number of carbonyl (C=O) groups is 1. The minimum Gasteiger partial charge on any atom is -0.369 e. The van der Waals surface area contributed by atoms with Gasteiger partial charge in [-0.1, -0.05) is 11.6 Å². The van der Waals surface area contributed by atoms with E-state index in [1.807, 2.05) is 18.0 Å². The van der Waals surface area contributed by atoms with Gasteiger partial charge in [-0.3, -0.25) is 0 Å². The highest BCUT2D eigenvalue weighted by atomic mass is 35.5. The SMILES string of the molecule is CN(CCNC(=O)Nc1ccc(Cl)c(C(F)(F)F)c1)CCNc1cc(N2CCCC2)nc(N2CCCC2)n1.Cl. The highest BCUT2D eigenvalue weighted by Gasteiger charge is 2.33. The Balaban J connectivity index is 0.00000420. The number of benzene rings is 1. The first-order valence-corrected chi connectivity index (χ1v) is 13.3. The van der Waals surface area contributed by atoms with E-state index >= 15 is 0 Å². The summed E-state index contributed by atoms with van der Waals surface area (Å²) >= 11 is 5.62. The lowest BCUT2D eigenvalue weighted by Crippen LogP contribution is -2.37. The van der Waals surface area contributed by atoms with Gasteiger partial charge in [0.05, 0.1) is 10.6 Å². The quantitative estimate of drug-likeness (QED) is 0.361. The van der Waals surface area contributed by atoms with E-state index in [1.165, 1.54) is 18.9 Å². The fraction of sp³-hybridized carbons (Fsp3) is 0.560. The molecule has 2 aliphatic rings. The number of carbonyl (C=O) groups excluding carboxylic acids is 1. The minimum atomic E-state index is -4.60. The molecule has 1 aromatic heterocycles. The third-order valence-corrected chi connectivity index (χ3v) is 6.96. The van der Waals surface area contributed by atoms with Crippen molar-refractivity contribution in [1.29, 1.82) is 0 Å². The molecule has 4 rings (SSSR count). The molecule has 0 saturated carbocycles. The van der Waals surface area contributed by atoms with Crippen LogP contribution in [0, 0.1) is 0 Å². The van der Waals surface area contributed by atoms with E-state index in [4.69, 9.17) is 21.6 Å². The van der Waals surface area contributed by atoms with Crippen molar-refractivity contribution in [3.05, 3.63) is 34.9 Å². The lowest BCUT2D eigenvalue weighted by Gasteiger charge is -2.22. The van der Waals surface area contributed by atoms with Crippen LogP contribution in [-0.4, -0.2) is 80.3 Å². The molecule has 2 aromatic rings. The Kier molecular flexibility index (Phi) is 11.1. The third-order valence-electron chi connectivity index (χ3n) is 6.63. The first-order chi connectivity index (χ1) is 18.2. The van der Waals surface area contributed by atoms with Crippen LogP contribution < -0.4 is 25.8 Å². The smallest absolute Gasteiger partial charge is 0.369 e. The van der Waals surface area contributed by atoms with Crippen LogP contribution in [0.2, 0.25) is 5.02 Å². The van der Waals surface area contributed by atoms with Crippen LogP contribution in [-0.2, 0) is 6.18 Å². The second kappa shape index (κ2) is 14.1. The highest BCUT2D eigenvalue weighted by Crippen LogP contribution is 2.36. The number of nitrogens with one attached hydrogen (secondary N) is 3. The van der Waals surface area contributed by atoms with Gasteiger partial charge >= 0.3 is 12.2 Å². The van der Waals surface area contributed by atoms with Gasteiger partial charge < -0.3 is 30.7 Å². The Bertz CT molecular complexity index is 1060. The molecule has 3 N–H and O–H groups in total. The number of hydrogen-bond acceptors (Lipinski definition) is 7. The average molecular weight is 592 g/mol. The normalized spacial score (nSPS) is 15.4. The van der Waals surface area contributed by atoms with Crippen molar-refractivity contribution in [1.82, 2.24) is 20.2 Å². The Morgan fingerprint density at radius 1 is 1.00 bits per heavy atom. The zero-order valence-corrected chi connectivity index (χ0v) is 23.4. The summed E-state index contributed by atoms with van der Waals surface area (Å²) in [6.45, 7) is 6.24. The number of halogens is 5. The zero-order valence-electron chi connectivity index (χ0n) is 21.9. The molecular formula is C25H35Cl2F3N8O. The molecule has 14 heteroatoms. The predicted octanol–water partition coefficient (Wildman–Crippen LogP) is 4.94. The summed E-state index contributed by atoms with van der Waals surface area (Å²) in [7, 11) is 1.93. The van der Waals surface area contributed by atoms with Crippen LogP contribution in [0.4, 0.5) is 41.2 Å². The number of likely N-dealkylation sites (N-methyl/N-ethyl adjacent to an activating group) is 1. The van der Waals surface area contributed by atoms with E-state index in [1.54, 1.807) is 0 Å². The van der Waals surface area contributed by atoms with Gasteiger partial charge in [0.25, 0.3) is 0 Å². The van der Waals surface area contributed by atoms with Gasteiger partial charge in [-0.15, -0.1) is 12.4 Å². The standard InChI is InChI=1S/C25H34ClF3N8O.ClH/c1-35(15-9-31-24(38)32-18-6-7-20(26)19(16-18)25(27,28)29)14-8-30-21-17-22(36-10-2-3-11-36)34-23(33-21)37-12-4-5-13-37;/h6-7,16-17H,2-5,8-15H2,1H3,(H,30,33,34)(H2,31,32,38);1H. The van der Waals surface area contributed by atoms with Crippen molar-refractivity contribution in [2.45, 2.75) is 31.9 Å². The molecule has 0 unspecified atom stereocenters. The Morgan fingerprint density at radius 2 is 1.64 bits per heavy atom. The van der Waals surface area contributed by atoms with Crippen molar-refractivity contribution in [2.24, 2.45) is 0 Å². The first kappa shape index (κ1) is 30.8. The summed E-state index contributed by atoms with van der Waals surface area (Å²) in [5.41, 5.74) is -0.976. The average Bonchev–Trinajstić information content (AvgIpc) is 3.59. The van der Waals surface area contributed by atoms with Crippen LogP contribution in [0.15, 0.2) is 24.3 Å². The molecule has 2 saturated heterocycles. The molecule has 0 aliphatic carbocycles. The van der Waals surface area contributed by atoms with Crippen LogP contribution >= 0.6 is 24.0 Å². The molecule has 39 heavy (non-hydrogen) atoms. The van der Waals surface area contributed by atoms with Crippen molar-refractivity contribution in [3.63, 3.8) is 0 Å². The van der Waals surface area contributed by atoms with Crippen molar-refractivity contribution < 1.29 is 18.0 Å². The van der Waals surface area contributed by atoms with Crippen LogP contribution in [0.1, 0.15) is 31.2 Å². The van der Waals surface area contributed by atoms with E-state index in [2.05, 4.69) is 25.8 Å². The third kappa shape index (κ3) is 8.91. The van der Waals surface area contributed by atoms with Gasteiger partial charge in [-0.25, -0.2) is 4.79 Å². The van der Waals surface area contributed by atoms with E-state index in [0.717, 1.165) is 68.7 Å². The summed E-state index contributed by atoms with van der Waals surface area (Å²) in [6.07, 6.45) is 0.0730. The van der Waals surface area contributed by atoms with E-state index in [9.17, 15) is 18.0 Å². The molecular weight excluding hydrogens is 556 g/mol. The number of alkyl halides is 3. The zero-order chi connectivity index (χ0) is 27.1. The van der Waals surface area contributed by atoms with Crippen molar-refractivity contribution in [2.75, 3.05) is 79.8 Å². The molecule has 1 aromatic carbocycles. The maximum atomic E-state index is 13.0. The number of rotatable bonds is 10. The summed E-state index contributed by atoms with van der Waals surface area (Å²) < 4.78 is 39.0. The van der Waals surface area contributed by atoms with Gasteiger partial charge in [0.2, 0.25) is 5.95 Å². The lowest BCUT2D eigenvalue weighted by molar-refractivity contribution is -0.137. The van der Waals surface area contributed by atoms with Crippen molar-refractivity contribution in [3.8, 4) is 0 Å². The molecule has 0 radical (unpaired) electrons. The topological polar surface area (TPSA) is 88.7 Å². The number of nitrogens with zero attached hydrogens (tertiary/aromatic N) is 5. The second-order valence-electron chi connectivity index (χ2n) is 9.60. The van der Waals surface area contributed by atoms with E-state index < -0.39 is 22.8 Å². The number of urea groups is 1. The first-order valence-electron chi connectivity index (χ1n) is 12.9. The molecule has 2 amide bonds. The summed E-state index contributed by atoms with van der Waals surface area (Å²) in [5, 5.41) is 8.07. The summed E-state index contributed by atoms with van der Waals surface area (Å²) in [4.78, 5) is 28.3. The van der Waals surface area contributed by atoms with Gasteiger partial charge in [-0.05, 0) is 50.9 Å². The van der Waals surface area contributed by atoms with Gasteiger partial charge in [0.15, 0.2) is 0 Å². The highest BCUT2D eigenvalue weighted by molar-refractivity contribution is 6.31. The molecule has 3 heterocycles. The Hall–Kier alpha value is -2.70. The fourth-order valence-corrected chi connectivity index (χ4v) is 4.75. The van der Waals surface area contributed by atoms with Crippen LogP contribution in [0.5, 0.6) is 0 Å². The molecule has 2 fully saturated rings. The lowest BCUT2D eigenvalue weighted by atomic mass is 10.2. The van der Waals surface area contributed by atoms with Gasteiger partial charge in [0.1, 0.15) is 11.6 Å². The number of hydrogen-bond donors (Lipinski definition) is 3. The van der Waals surface area contributed by atoms with Crippen LogP contribution in [0.25, 0.3) is 0 Å².